The summed E-state index contributed by atoms with van der Waals surface area (Å²) in [6, 6.07) is 7.09. The number of aromatic nitrogens is 5. The second-order valence-electron chi connectivity index (χ2n) is 9.79. The molecule has 6 rings (SSSR count). The maximum Gasteiger partial charge on any atom is 0.338 e. The summed E-state index contributed by atoms with van der Waals surface area (Å²) in [5.41, 5.74) is 3.66. The number of aliphatic hydroxyl groups is 1. The van der Waals surface area contributed by atoms with E-state index in [1.807, 2.05) is 17.9 Å². The van der Waals surface area contributed by atoms with Crippen molar-refractivity contribution < 1.29 is 19.4 Å². The maximum atomic E-state index is 13.2. The molecule has 1 aromatic carbocycles. The molecule has 2 fully saturated rings. The molecule has 1 spiro atoms. The molecule has 1 N–H and O–H groups in total. The number of nitrogens with zero attached hydrogens (tertiary/aromatic N) is 7. The van der Waals surface area contributed by atoms with E-state index >= 15 is 0 Å². The fourth-order valence-electron chi connectivity index (χ4n) is 5.67. The number of likely N-dealkylation sites (tertiary alicyclic amines) is 2. The molecule has 1 amide bonds. The van der Waals surface area contributed by atoms with Crippen molar-refractivity contribution in [2.24, 2.45) is 0 Å². The van der Waals surface area contributed by atoms with Crippen LogP contribution in [0.5, 0.6) is 0 Å². The lowest BCUT2D eigenvalue weighted by atomic mass is 9.76. The molecule has 0 aliphatic carbocycles. The molecule has 0 bridgehead atoms. The van der Waals surface area contributed by atoms with Crippen LogP contribution in [-0.4, -0.2) is 83.7 Å². The van der Waals surface area contributed by atoms with E-state index in [0.717, 1.165) is 55.6 Å². The van der Waals surface area contributed by atoms with Gasteiger partial charge in [0.1, 0.15) is 12.9 Å². The summed E-state index contributed by atoms with van der Waals surface area (Å²) in [5, 5.41) is 22.0. The fraction of sp³-hybridized carbons (Fsp3) is 0.440. The molecule has 2 aromatic heterocycles. The summed E-state index contributed by atoms with van der Waals surface area (Å²) in [7, 11) is 0. The van der Waals surface area contributed by atoms with Gasteiger partial charge >= 0.3 is 5.97 Å². The zero-order valence-electron chi connectivity index (χ0n) is 20.0. The zero-order chi connectivity index (χ0) is 24.9. The third-order valence-electron chi connectivity index (χ3n) is 7.98. The van der Waals surface area contributed by atoms with E-state index in [4.69, 9.17) is 4.74 Å². The normalized spacial score (nSPS) is 19.6. The Balaban J connectivity index is 1.08. The number of esters is 1. The highest BCUT2D eigenvalue weighted by atomic mass is 16.5. The van der Waals surface area contributed by atoms with E-state index in [-0.39, 0.29) is 24.0 Å². The number of β-amino-alcohol motifs (C(OH)–C–C–N with tert-alkyl or cyclic N) is 1. The quantitative estimate of drug-likeness (QED) is 0.530. The molecule has 186 valence electrons. The average Bonchev–Trinajstić information content (AvgIpc) is 3.55. The number of carbonyl (C=O) groups excluding carboxylic acids is 2. The number of hydrogen-bond acceptors (Lipinski definition) is 9. The molecule has 0 radical (unpaired) electrons. The first-order chi connectivity index (χ1) is 17.4. The van der Waals surface area contributed by atoms with Crippen molar-refractivity contribution in [3.8, 4) is 5.82 Å². The van der Waals surface area contributed by atoms with Gasteiger partial charge in [0.25, 0.3) is 5.91 Å². The van der Waals surface area contributed by atoms with Gasteiger partial charge in [0.15, 0.2) is 5.82 Å². The number of carbonyl (C=O) groups is 2. The summed E-state index contributed by atoms with van der Waals surface area (Å²) in [4.78, 5) is 33.6. The molecule has 0 saturated carbocycles. The van der Waals surface area contributed by atoms with Crippen molar-refractivity contribution >= 4 is 11.9 Å². The van der Waals surface area contributed by atoms with Crippen LogP contribution in [0.1, 0.15) is 62.8 Å². The molecule has 3 aliphatic rings. The highest BCUT2D eigenvalue weighted by molar-refractivity contribution is 5.95. The highest BCUT2D eigenvalue weighted by Crippen LogP contribution is 2.41. The van der Waals surface area contributed by atoms with Crippen LogP contribution in [0, 0.1) is 6.92 Å². The van der Waals surface area contributed by atoms with Gasteiger partial charge in [0, 0.05) is 43.5 Å². The Hall–Kier alpha value is -3.70. The van der Waals surface area contributed by atoms with E-state index in [1.54, 1.807) is 24.4 Å². The molecule has 2 saturated heterocycles. The standard InChI is InChI=1S/C25H27N7O4/c1-16-18(3-4-19-20(16)14-36-24(19)35)21(33)13-30-9-6-25(7-10-30)8-11-31(25)23(34)17-2-5-22(26-12-17)32-15-27-28-29-32/h2-5,12,15,21,33H,6-11,13-14H2,1H3. The molecule has 3 aromatic rings. The number of benzene rings is 1. The highest BCUT2D eigenvalue weighted by Gasteiger charge is 2.49. The predicted octanol–water partition coefficient (Wildman–Crippen LogP) is 1.45. The van der Waals surface area contributed by atoms with Gasteiger partial charge in [0.2, 0.25) is 0 Å². The van der Waals surface area contributed by atoms with Crippen LogP contribution in [-0.2, 0) is 11.3 Å². The van der Waals surface area contributed by atoms with Gasteiger partial charge in [-0.2, -0.15) is 4.68 Å². The summed E-state index contributed by atoms with van der Waals surface area (Å²) in [6.45, 7) is 5.08. The van der Waals surface area contributed by atoms with Gasteiger partial charge < -0.3 is 19.6 Å². The number of pyridine rings is 1. The average molecular weight is 490 g/mol. The number of tetrazole rings is 1. The topological polar surface area (TPSA) is 127 Å². The molecule has 3 aliphatic heterocycles. The van der Waals surface area contributed by atoms with Gasteiger partial charge in [-0.25, -0.2) is 9.78 Å². The minimum Gasteiger partial charge on any atom is -0.457 e. The number of amides is 1. The Labute approximate surface area is 207 Å². The van der Waals surface area contributed by atoms with Gasteiger partial charge in [-0.15, -0.1) is 5.10 Å². The van der Waals surface area contributed by atoms with E-state index in [1.165, 1.54) is 11.0 Å². The van der Waals surface area contributed by atoms with Gasteiger partial charge in [-0.1, -0.05) is 6.07 Å². The first-order valence-electron chi connectivity index (χ1n) is 12.2. The Morgan fingerprint density at radius 3 is 2.64 bits per heavy atom. The molecule has 11 heteroatoms. The van der Waals surface area contributed by atoms with Gasteiger partial charge in [-0.3, -0.25) is 4.79 Å². The second-order valence-corrected chi connectivity index (χ2v) is 9.79. The van der Waals surface area contributed by atoms with Crippen molar-refractivity contribution in [2.75, 3.05) is 26.2 Å². The number of fused-ring (bicyclic) bond motifs is 1. The minimum absolute atomic E-state index is 0.00367. The summed E-state index contributed by atoms with van der Waals surface area (Å²) in [6.07, 6.45) is 5.11. The monoisotopic (exact) mass is 489 g/mol. The lowest BCUT2D eigenvalue weighted by Gasteiger charge is -2.56. The van der Waals surface area contributed by atoms with E-state index < -0.39 is 6.10 Å². The van der Waals surface area contributed by atoms with Crippen LogP contribution in [0.25, 0.3) is 5.82 Å². The lowest BCUT2D eigenvalue weighted by Crippen LogP contribution is -2.65. The van der Waals surface area contributed by atoms with Crippen molar-refractivity contribution in [1.82, 2.24) is 35.0 Å². The maximum absolute atomic E-state index is 13.2. The molecule has 1 unspecified atom stereocenters. The SMILES string of the molecule is Cc1c(C(O)CN2CCC3(CC2)CCN3C(=O)c2ccc(-n3cnnn3)nc2)ccc2c1COC2=O. The number of aliphatic hydroxyl groups excluding tert-OH is 1. The Bertz CT molecular complexity index is 1300. The number of cyclic esters (lactones) is 1. The fourth-order valence-corrected chi connectivity index (χ4v) is 5.67. The molecule has 36 heavy (non-hydrogen) atoms. The number of hydrogen-bond donors (Lipinski definition) is 1. The molecule has 11 nitrogen and oxygen atoms in total. The van der Waals surface area contributed by atoms with Crippen molar-refractivity contribution in [3.05, 3.63) is 64.6 Å². The van der Waals surface area contributed by atoms with E-state index in [0.29, 0.717) is 23.5 Å². The van der Waals surface area contributed by atoms with Crippen molar-refractivity contribution in [1.29, 1.82) is 0 Å². The largest absolute Gasteiger partial charge is 0.457 e. The van der Waals surface area contributed by atoms with Gasteiger partial charge in [-0.05, 0) is 65.9 Å². The first kappa shape index (κ1) is 22.7. The number of piperidine rings is 1. The number of ether oxygens (including phenoxy) is 1. The van der Waals surface area contributed by atoms with Crippen LogP contribution in [0.15, 0.2) is 36.8 Å². The minimum atomic E-state index is -0.649. The van der Waals surface area contributed by atoms with E-state index in [9.17, 15) is 14.7 Å². The smallest absolute Gasteiger partial charge is 0.338 e. The first-order valence-corrected chi connectivity index (χ1v) is 12.2. The third kappa shape index (κ3) is 3.75. The summed E-state index contributed by atoms with van der Waals surface area (Å²) < 4.78 is 6.58. The second kappa shape index (κ2) is 8.75. The molecular weight excluding hydrogens is 462 g/mol. The Kier molecular flexibility index (Phi) is 5.53. The third-order valence-corrected chi connectivity index (χ3v) is 7.98. The van der Waals surface area contributed by atoms with Crippen LogP contribution >= 0.6 is 0 Å². The Morgan fingerprint density at radius 1 is 1.17 bits per heavy atom. The van der Waals surface area contributed by atoms with Crippen LogP contribution in [0.2, 0.25) is 0 Å². The predicted molar refractivity (Wildman–Crippen MR) is 126 cm³/mol. The van der Waals surface area contributed by atoms with Crippen molar-refractivity contribution in [3.63, 3.8) is 0 Å². The number of rotatable bonds is 5. The summed E-state index contributed by atoms with van der Waals surface area (Å²) >= 11 is 0. The Morgan fingerprint density at radius 2 is 1.97 bits per heavy atom. The molecular formula is C25H27N7O4. The lowest BCUT2D eigenvalue weighted by molar-refractivity contribution is -0.0440. The van der Waals surface area contributed by atoms with Crippen LogP contribution in [0.3, 0.4) is 0 Å². The zero-order valence-corrected chi connectivity index (χ0v) is 20.0. The van der Waals surface area contributed by atoms with Crippen LogP contribution in [0.4, 0.5) is 0 Å². The molecule has 5 heterocycles. The summed E-state index contributed by atoms with van der Waals surface area (Å²) in [5.74, 6) is 0.254. The van der Waals surface area contributed by atoms with E-state index in [2.05, 4.69) is 25.4 Å². The van der Waals surface area contributed by atoms with Crippen LogP contribution < -0.4 is 0 Å². The van der Waals surface area contributed by atoms with Crippen molar-refractivity contribution in [2.45, 2.75) is 44.4 Å². The van der Waals surface area contributed by atoms with Gasteiger partial charge in [0.05, 0.1) is 17.2 Å². The molecule has 1 atom stereocenters.